The van der Waals surface area contributed by atoms with E-state index in [-0.39, 0.29) is 17.9 Å². The van der Waals surface area contributed by atoms with Crippen LogP contribution in [-0.2, 0) is 11.8 Å². The number of aliphatic hydroxyl groups is 1. The van der Waals surface area contributed by atoms with Crippen LogP contribution >= 0.6 is 0 Å². The normalized spacial score (nSPS) is 26.9. The first-order chi connectivity index (χ1) is 14.8. The lowest BCUT2D eigenvalue weighted by Crippen LogP contribution is -2.40. The van der Waals surface area contributed by atoms with Crippen molar-refractivity contribution in [2.24, 2.45) is 11.7 Å². The van der Waals surface area contributed by atoms with Gasteiger partial charge in [0.25, 0.3) is 0 Å². The zero-order valence-electron chi connectivity index (χ0n) is 19.1. The first kappa shape index (κ1) is 22.2. The molecule has 2 aliphatic carbocycles. The summed E-state index contributed by atoms with van der Waals surface area (Å²) < 4.78 is 0. The van der Waals surface area contributed by atoms with Gasteiger partial charge in [-0.2, -0.15) is 0 Å². The van der Waals surface area contributed by atoms with Crippen molar-refractivity contribution >= 4 is 5.78 Å². The van der Waals surface area contributed by atoms with Crippen molar-refractivity contribution in [1.82, 2.24) is 0 Å². The largest absolute Gasteiger partial charge is 0.394 e. The van der Waals surface area contributed by atoms with Crippen LogP contribution in [-0.4, -0.2) is 23.0 Å². The van der Waals surface area contributed by atoms with Gasteiger partial charge < -0.3 is 10.8 Å². The molecule has 1 fully saturated rings. The molecule has 0 spiro atoms. The Morgan fingerprint density at radius 2 is 1.84 bits per heavy atom. The van der Waals surface area contributed by atoms with E-state index in [1.807, 2.05) is 0 Å². The van der Waals surface area contributed by atoms with Gasteiger partial charge in [0.1, 0.15) is 0 Å². The van der Waals surface area contributed by atoms with Crippen molar-refractivity contribution in [2.75, 3.05) is 6.61 Å². The Morgan fingerprint density at radius 1 is 1.06 bits per heavy atom. The Labute approximate surface area is 187 Å². The van der Waals surface area contributed by atoms with Crippen LogP contribution in [0, 0.1) is 5.92 Å². The van der Waals surface area contributed by atoms with Gasteiger partial charge in [-0.1, -0.05) is 75.2 Å². The second-order valence-corrected chi connectivity index (χ2v) is 10.5. The van der Waals surface area contributed by atoms with E-state index in [0.29, 0.717) is 11.7 Å². The summed E-state index contributed by atoms with van der Waals surface area (Å²) >= 11 is 0. The average Bonchev–Trinajstić information content (AvgIpc) is 3.26. The Morgan fingerprint density at radius 3 is 2.55 bits per heavy atom. The van der Waals surface area contributed by atoms with Crippen LogP contribution in [0.2, 0.25) is 0 Å². The number of rotatable bonds is 8. The first-order valence-electron chi connectivity index (χ1n) is 12.0. The molecule has 31 heavy (non-hydrogen) atoms. The number of aliphatic hydroxyl groups excluding tert-OH is 1. The fraction of sp³-hybridized carbons (Fsp3) is 0.536. The van der Waals surface area contributed by atoms with Gasteiger partial charge in [-0.05, 0) is 61.1 Å². The Kier molecular flexibility index (Phi) is 6.37. The molecule has 0 bridgehead atoms. The molecule has 3 unspecified atom stereocenters. The third kappa shape index (κ3) is 4.49. The summed E-state index contributed by atoms with van der Waals surface area (Å²) in [5, 5.41) is 9.61. The van der Waals surface area contributed by atoms with E-state index < -0.39 is 5.54 Å². The van der Waals surface area contributed by atoms with Gasteiger partial charge in [0, 0.05) is 22.4 Å². The van der Waals surface area contributed by atoms with Crippen molar-refractivity contribution < 1.29 is 9.90 Å². The number of hydrogen-bond donors (Lipinski definition) is 2. The second kappa shape index (κ2) is 8.88. The summed E-state index contributed by atoms with van der Waals surface area (Å²) in [6.07, 6.45) is 8.21. The van der Waals surface area contributed by atoms with Gasteiger partial charge in [-0.25, -0.2) is 0 Å². The lowest BCUT2D eigenvalue weighted by molar-refractivity contribution is 0.0886. The molecule has 0 heterocycles. The fourth-order valence-electron chi connectivity index (χ4n) is 5.84. The van der Waals surface area contributed by atoms with E-state index in [1.165, 1.54) is 23.1 Å². The number of aryl methyl sites for hydroxylation is 1. The smallest absolute Gasteiger partial charge is 0.167 e. The quantitative estimate of drug-likeness (QED) is 0.552. The molecule has 3 atom stereocenters. The summed E-state index contributed by atoms with van der Waals surface area (Å²) in [4.78, 5) is 13.2. The van der Waals surface area contributed by atoms with Gasteiger partial charge >= 0.3 is 0 Å². The van der Waals surface area contributed by atoms with E-state index in [2.05, 4.69) is 62.4 Å². The molecule has 0 aliphatic heterocycles. The topological polar surface area (TPSA) is 63.3 Å². The van der Waals surface area contributed by atoms with Crippen LogP contribution in [0.5, 0.6) is 0 Å². The number of unbranched alkanes of at least 4 members (excludes halogenated alkanes) is 2. The number of benzene rings is 2. The predicted octanol–water partition coefficient (Wildman–Crippen LogP) is 5.54. The monoisotopic (exact) mass is 419 g/mol. The molecular weight excluding hydrogens is 382 g/mol. The number of Topliss-reactive ketones (excluding diaryl/α,β-unsaturated/α-hetero) is 1. The van der Waals surface area contributed by atoms with Crippen LogP contribution in [0.25, 0.3) is 0 Å². The van der Waals surface area contributed by atoms with Crippen molar-refractivity contribution in [1.29, 1.82) is 0 Å². The molecule has 166 valence electrons. The summed E-state index contributed by atoms with van der Waals surface area (Å²) in [5.74, 6) is 0.777. The molecule has 3 heteroatoms. The maximum atomic E-state index is 13.2. The molecular formula is C28H37NO2. The number of ketones is 1. The Hall–Kier alpha value is -1.97. The highest BCUT2D eigenvalue weighted by Crippen LogP contribution is 2.47. The molecule has 4 rings (SSSR count). The van der Waals surface area contributed by atoms with E-state index in [4.69, 9.17) is 5.73 Å². The minimum atomic E-state index is -0.447. The zero-order valence-corrected chi connectivity index (χ0v) is 19.1. The van der Waals surface area contributed by atoms with Gasteiger partial charge in [0.05, 0.1) is 6.61 Å². The molecule has 0 radical (unpaired) electrons. The molecule has 1 saturated carbocycles. The van der Waals surface area contributed by atoms with Crippen LogP contribution in [0.3, 0.4) is 0 Å². The predicted molar refractivity (Wildman–Crippen MR) is 126 cm³/mol. The second-order valence-electron chi connectivity index (χ2n) is 10.5. The lowest BCUT2D eigenvalue weighted by atomic mass is 9.75. The van der Waals surface area contributed by atoms with Crippen molar-refractivity contribution in [2.45, 2.75) is 82.1 Å². The first-order valence-corrected chi connectivity index (χ1v) is 12.0. The summed E-state index contributed by atoms with van der Waals surface area (Å²) in [6.45, 7) is 4.53. The van der Waals surface area contributed by atoms with Crippen molar-refractivity contribution in [3.63, 3.8) is 0 Å². The van der Waals surface area contributed by atoms with Crippen LogP contribution in [0.15, 0.2) is 48.5 Å². The SMILES string of the molecule is CC1(C)c2cc(C3CCC(N)(CO)C3)ccc2C(=O)C1CCCCCc1ccccc1. The third-order valence-electron chi connectivity index (χ3n) is 7.92. The molecule has 0 aromatic heterocycles. The Balaban J connectivity index is 1.38. The van der Waals surface area contributed by atoms with Crippen LogP contribution in [0.4, 0.5) is 0 Å². The maximum absolute atomic E-state index is 13.2. The summed E-state index contributed by atoms with van der Waals surface area (Å²) in [6, 6.07) is 17.1. The minimum Gasteiger partial charge on any atom is -0.394 e. The van der Waals surface area contributed by atoms with E-state index in [0.717, 1.165) is 50.5 Å². The van der Waals surface area contributed by atoms with Gasteiger partial charge in [-0.15, -0.1) is 0 Å². The van der Waals surface area contributed by atoms with E-state index in [1.54, 1.807) is 0 Å². The zero-order chi connectivity index (χ0) is 22.1. The molecule has 2 aliphatic rings. The highest BCUT2D eigenvalue weighted by Gasteiger charge is 2.45. The summed E-state index contributed by atoms with van der Waals surface area (Å²) in [7, 11) is 0. The average molecular weight is 420 g/mol. The molecule has 3 N–H and O–H groups in total. The number of carbonyl (C=O) groups excluding carboxylic acids is 1. The van der Waals surface area contributed by atoms with Crippen LogP contribution in [0.1, 0.15) is 91.8 Å². The van der Waals surface area contributed by atoms with Crippen LogP contribution < -0.4 is 5.73 Å². The highest BCUT2D eigenvalue weighted by atomic mass is 16.3. The van der Waals surface area contributed by atoms with Gasteiger partial charge in [-0.3, -0.25) is 4.79 Å². The standard InChI is InChI=1S/C28H37NO2/c1-27(2)24(12-8-4-7-11-20-9-5-3-6-10-20)26(31)23-14-13-21(17-25(23)27)22-15-16-28(29,18-22)19-30/h3,5-6,9-10,13-14,17,22,24,30H,4,7-8,11-12,15-16,18-19,29H2,1-2H3. The van der Waals surface area contributed by atoms with Crippen molar-refractivity contribution in [3.8, 4) is 0 Å². The molecule has 0 amide bonds. The minimum absolute atomic E-state index is 0.0464. The van der Waals surface area contributed by atoms with E-state index in [9.17, 15) is 9.90 Å². The van der Waals surface area contributed by atoms with Gasteiger partial charge in [0.2, 0.25) is 0 Å². The summed E-state index contributed by atoms with van der Waals surface area (Å²) in [5.41, 5.74) is 10.5. The third-order valence-corrected chi connectivity index (χ3v) is 7.92. The number of hydrogen-bond acceptors (Lipinski definition) is 3. The molecule has 3 nitrogen and oxygen atoms in total. The van der Waals surface area contributed by atoms with E-state index >= 15 is 0 Å². The molecule has 0 saturated heterocycles. The molecule has 2 aromatic rings. The Bertz CT molecular complexity index is 920. The fourth-order valence-corrected chi connectivity index (χ4v) is 5.84. The number of nitrogens with two attached hydrogens (primary N) is 1. The lowest BCUT2D eigenvalue weighted by Gasteiger charge is -2.28. The highest BCUT2D eigenvalue weighted by molar-refractivity contribution is 6.04. The number of fused-ring (bicyclic) bond motifs is 1. The molecule has 2 aromatic carbocycles. The van der Waals surface area contributed by atoms with Crippen molar-refractivity contribution in [3.05, 3.63) is 70.8 Å². The maximum Gasteiger partial charge on any atom is 0.167 e. The van der Waals surface area contributed by atoms with Gasteiger partial charge in [0.15, 0.2) is 5.78 Å². The number of carbonyl (C=O) groups is 1.